The maximum atomic E-state index is 12.6. The molecule has 1 amide bonds. The molecule has 0 radical (unpaired) electrons. The summed E-state index contributed by atoms with van der Waals surface area (Å²) in [5.41, 5.74) is 1.40. The van der Waals surface area contributed by atoms with Crippen molar-refractivity contribution in [2.45, 2.75) is 46.1 Å². The van der Waals surface area contributed by atoms with Crippen LogP contribution in [0.25, 0.3) is 21.7 Å². The molecule has 0 unspecified atom stereocenters. The fraction of sp³-hybridized carbons (Fsp3) is 0.417. The van der Waals surface area contributed by atoms with Crippen molar-refractivity contribution in [3.63, 3.8) is 0 Å². The summed E-state index contributed by atoms with van der Waals surface area (Å²) < 4.78 is 11.2. The molecule has 29 heavy (non-hydrogen) atoms. The molecule has 1 saturated carbocycles. The van der Waals surface area contributed by atoms with Gasteiger partial charge in [-0.2, -0.15) is 0 Å². The van der Waals surface area contributed by atoms with E-state index >= 15 is 0 Å². The van der Waals surface area contributed by atoms with Gasteiger partial charge < -0.3 is 14.5 Å². The standard InChI is InChI=1S/C24H27NO4/c1-14-7-6-10-20(15(14)2)25-21(26)13-28-24(27)22-16(3)18-12-11-17-8-4-5-9-19(17)23(18)29-22/h4-5,8-9,11-12,14-15,20H,6-7,10,13H2,1-3H3,(H,25,26)/t14-,15-,20+/m0/s1. The molecule has 1 N–H and O–H groups in total. The number of esters is 1. The number of carbonyl (C=O) groups is 2. The summed E-state index contributed by atoms with van der Waals surface area (Å²) in [6.45, 7) is 5.93. The third-order valence-electron chi connectivity index (χ3n) is 6.40. The molecule has 1 aliphatic rings. The van der Waals surface area contributed by atoms with Crippen molar-refractivity contribution in [3.8, 4) is 0 Å². The van der Waals surface area contributed by atoms with Gasteiger partial charge in [-0.05, 0) is 30.6 Å². The van der Waals surface area contributed by atoms with E-state index in [-0.39, 0.29) is 24.3 Å². The van der Waals surface area contributed by atoms with Crippen LogP contribution in [-0.4, -0.2) is 24.5 Å². The molecule has 3 aromatic rings. The highest BCUT2D eigenvalue weighted by Crippen LogP contribution is 2.32. The van der Waals surface area contributed by atoms with Gasteiger partial charge in [-0.25, -0.2) is 4.79 Å². The number of rotatable bonds is 4. The van der Waals surface area contributed by atoms with Crippen molar-refractivity contribution in [3.05, 3.63) is 47.7 Å². The van der Waals surface area contributed by atoms with Crippen LogP contribution in [-0.2, 0) is 9.53 Å². The van der Waals surface area contributed by atoms with Gasteiger partial charge in [0.1, 0.15) is 5.58 Å². The monoisotopic (exact) mass is 393 g/mol. The minimum absolute atomic E-state index is 0.143. The number of furan rings is 1. The molecule has 1 fully saturated rings. The van der Waals surface area contributed by atoms with Gasteiger partial charge >= 0.3 is 5.97 Å². The van der Waals surface area contributed by atoms with Gasteiger partial charge in [-0.1, -0.05) is 63.1 Å². The molecular weight excluding hydrogens is 366 g/mol. The minimum atomic E-state index is -0.608. The minimum Gasteiger partial charge on any atom is -0.450 e. The van der Waals surface area contributed by atoms with Crippen LogP contribution in [0.5, 0.6) is 0 Å². The second-order valence-corrected chi connectivity index (χ2v) is 8.24. The molecule has 5 heteroatoms. The van der Waals surface area contributed by atoms with Gasteiger partial charge in [0.15, 0.2) is 6.61 Å². The number of benzene rings is 2. The number of nitrogens with one attached hydrogen (secondary N) is 1. The summed E-state index contributed by atoms with van der Waals surface area (Å²) in [7, 11) is 0. The fourth-order valence-corrected chi connectivity index (χ4v) is 4.37. The van der Waals surface area contributed by atoms with Crippen molar-refractivity contribution < 1.29 is 18.7 Å². The maximum absolute atomic E-state index is 12.6. The highest BCUT2D eigenvalue weighted by Gasteiger charge is 2.28. The SMILES string of the molecule is Cc1c(C(=O)OCC(=O)N[C@@H]2CCC[C@H](C)[C@@H]2C)oc2c1ccc1ccccc12. The first-order chi connectivity index (χ1) is 14.0. The summed E-state index contributed by atoms with van der Waals surface area (Å²) in [5, 5.41) is 5.90. The lowest BCUT2D eigenvalue weighted by atomic mass is 9.78. The Hall–Kier alpha value is -2.82. The first-order valence-corrected chi connectivity index (χ1v) is 10.3. The zero-order valence-electron chi connectivity index (χ0n) is 17.2. The fourth-order valence-electron chi connectivity index (χ4n) is 4.37. The van der Waals surface area contributed by atoms with Crippen molar-refractivity contribution in [1.82, 2.24) is 5.32 Å². The van der Waals surface area contributed by atoms with E-state index in [4.69, 9.17) is 9.15 Å². The third-order valence-corrected chi connectivity index (χ3v) is 6.40. The third kappa shape index (κ3) is 3.74. The average Bonchev–Trinajstić information content (AvgIpc) is 3.07. The Morgan fingerprint density at radius 2 is 1.90 bits per heavy atom. The zero-order valence-corrected chi connectivity index (χ0v) is 17.2. The van der Waals surface area contributed by atoms with Gasteiger partial charge in [0, 0.05) is 22.4 Å². The van der Waals surface area contributed by atoms with Crippen molar-refractivity contribution in [2.24, 2.45) is 11.8 Å². The zero-order chi connectivity index (χ0) is 20.5. The van der Waals surface area contributed by atoms with Crippen LogP contribution >= 0.6 is 0 Å². The van der Waals surface area contributed by atoms with Crippen LogP contribution < -0.4 is 5.32 Å². The molecule has 0 aliphatic heterocycles. The topological polar surface area (TPSA) is 68.5 Å². The summed E-state index contributed by atoms with van der Waals surface area (Å²) in [6.07, 6.45) is 3.28. The smallest absolute Gasteiger partial charge is 0.375 e. The van der Waals surface area contributed by atoms with Gasteiger partial charge in [-0.15, -0.1) is 0 Å². The summed E-state index contributed by atoms with van der Waals surface area (Å²) in [4.78, 5) is 24.9. The molecule has 2 aromatic carbocycles. The van der Waals surface area contributed by atoms with E-state index in [0.717, 1.165) is 34.6 Å². The summed E-state index contributed by atoms with van der Waals surface area (Å²) >= 11 is 0. The normalized spacial score (nSPS) is 22.0. The Bertz CT molecular complexity index is 1070. The Kier molecular flexibility index (Phi) is 5.31. The van der Waals surface area contributed by atoms with Crippen LogP contribution in [0.4, 0.5) is 0 Å². The quantitative estimate of drug-likeness (QED) is 0.634. The van der Waals surface area contributed by atoms with Crippen molar-refractivity contribution >= 4 is 33.6 Å². The Morgan fingerprint density at radius 3 is 2.72 bits per heavy atom. The van der Waals surface area contributed by atoms with Gasteiger partial charge in [0.05, 0.1) is 0 Å². The molecule has 1 aliphatic carbocycles. The summed E-state index contributed by atoms with van der Waals surface area (Å²) in [5.74, 6) is 0.300. The molecule has 1 aromatic heterocycles. The van der Waals surface area contributed by atoms with E-state index in [9.17, 15) is 9.59 Å². The van der Waals surface area contributed by atoms with Crippen LogP contribution in [0.1, 0.15) is 49.2 Å². The molecule has 0 bridgehead atoms. The lowest BCUT2D eigenvalue weighted by Gasteiger charge is -2.34. The highest BCUT2D eigenvalue weighted by molar-refractivity contribution is 6.08. The van der Waals surface area contributed by atoms with Gasteiger partial charge in [0.25, 0.3) is 5.91 Å². The predicted octanol–water partition coefficient (Wildman–Crippen LogP) is 4.99. The maximum Gasteiger partial charge on any atom is 0.375 e. The molecular formula is C24H27NO4. The Morgan fingerprint density at radius 1 is 1.10 bits per heavy atom. The van der Waals surface area contributed by atoms with Crippen LogP contribution in [0, 0.1) is 18.8 Å². The second-order valence-electron chi connectivity index (χ2n) is 8.24. The molecule has 3 atom stereocenters. The molecule has 1 heterocycles. The number of amides is 1. The van der Waals surface area contributed by atoms with Crippen LogP contribution in [0.2, 0.25) is 0 Å². The number of fused-ring (bicyclic) bond motifs is 3. The van der Waals surface area contributed by atoms with Crippen LogP contribution in [0.15, 0.2) is 40.8 Å². The number of aryl methyl sites for hydroxylation is 1. The molecule has 0 spiro atoms. The van der Waals surface area contributed by atoms with E-state index < -0.39 is 5.97 Å². The highest BCUT2D eigenvalue weighted by atomic mass is 16.5. The van der Waals surface area contributed by atoms with Crippen LogP contribution in [0.3, 0.4) is 0 Å². The largest absolute Gasteiger partial charge is 0.450 e. The number of hydrogen-bond donors (Lipinski definition) is 1. The number of ether oxygens (including phenoxy) is 1. The Labute approximate surface area is 170 Å². The van der Waals surface area contributed by atoms with E-state index in [0.29, 0.717) is 17.4 Å². The molecule has 5 nitrogen and oxygen atoms in total. The number of hydrogen-bond acceptors (Lipinski definition) is 4. The lowest BCUT2D eigenvalue weighted by Crippen LogP contribution is -2.45. The van der Waals surface area contributed by atoms with E-state index in [2.05, 4.69) is 19.2 Å². The van der Waals surface area contributed by atoms with Crippen molar-refractivity contribution in [2.75, 3.05) is 6.61 Å². The average molecular weight is 393 g/mol. The first kappa shape index (κ1) is 19.5. The molecule has 4 rings (SSSR count). The summed E-state index contributed by atoms with van der Waals surface area (Å²) in [6, 6.07) is 12.0. The first-order valence-electron chi connectivity index (χ1n) is 10.3. The molecule has 0 saturated heterocycles. The van der Waals surface area contributed by atoms with E-state index in [1.54, 1.807) is 0 Å². The van der Waals surface area contributed by atoms with Gasteiger partial charge in [-0.3, -0.25) is 4.79 Å². The van der Waals surface area contributed by atoms with E-state index in [1.165, 1.54) is 6.42 Å². The Balaban J connectivity index is 1.46. The molecule has 152 valence electrons. The number of carbonyl (C=O) groups excluding carboxylic acids is 2. The van der Waals surface area contributed by atoms with Crippen molar-refractivity contribution in [1.29, 1.82) is 0 Å². The van der Waals surface area contributed by atoms with Gasteiger partial charge in [0.2, 0.25) is 5.76 Å². The lowest BCUT2D eigenvalue weighted by molar-refractivity contribution is -0.125. The second kappa shape index (κ2) is 7.90. The van der Waals surface area contributed by atoms with E-state index in [1.807, 2.05) is 43.3 Å². The predicted molar refractivity (Wildman–Crippen MR) is 113 cm³/mol.